The molecule has 1 aliphatic carbocycles. The molecule has 190 valence electrons. The van der Waals surface area contributed by atoms with Crippen LogP contribution in [0.25, 0.3) is 0 Å². The number of anilines is 2. The first kappa shape index (κ1) is 24.7. The molecule has 6 rings (SSSR count). The number of halogens is 1. The Labute approximate surface area is 232 Å². The number of nitrogens with zero attached hydrogens (tertiary/aromatic N) is 4. The van der Waals surface area contributed by atoms with Gasteiger partial charge in [0, 0.05) is 34.0 Å². The Hall–Kier alpha value is -3.65. The van der Waals surface area contributed by atoms with Crippen molar-refractivity contribution >= 4 is 57.2 Å². The molecule has 8 nitrogen and oxygen atoms in total. The zero-order valence-electron chi connectivity index (χ0n) is 20.2. The first-order valence-corrected chi connectivity index (χ1v) is 14.1. The summed E-state index contributed by atoms with van der Waals surface area (Å²) in [7, 11) is 0. The van der Waals surface area contributed by atoms with E-state index in [2.05, 4.69) is 21.6 Å². The minimum absolute atomic E-state index is 0.00170. The molecule has 0 saturated carbocycles. The van der Waals surface area contributed by atoms with Crippen molar-refractivity contribution in [2.45, 2.75) is 41.7 Å². The number of ketones is 1. The highest BCUT2D eigenvalue weighted by atomic mass is 35.5. The van der Waals surface area contributed by atoms with Gasteiger partial charge in [0.25, 0.3) is 0 Å². The van der Waals surface area contributed by atoms with Crippen molar-refractivity contribution in [2.24, 2.45) is 5.73 Å². The maximum atomic E-state index is 13.8. The van der Waals surface area contributed by atoms with Crippen LogP contribution in [0.2, 0.25) is 5.02 Å². The molecule has 11 heteroatoms. The number of carbonyl (C=O) groups excluding carboxylic acids is 2. The molecule has 0 unspecified atom stereocenters. The molecule has 1 atom stereocenters. The van der Waals surface area contributed by atoms with Gasteiger partial charge >= 0.3 is 0 Å². The van der Waals surface area contributed by atoms with Crippen LogP contribution in [0.5, 0.6) is 0 Å². The molecule has 3 aliphatic rings. The summed E-state index contributed by atoms with van der Waals surface area (Å²) in [6.07, 6.45) is 1.38. The van der Waals surface area contributed by atoms with Crippen molar-refractivity contribution < 1.29 is 9.59 Å². The molecule has 2 aromatic carbocycles. The van der Waals surface area contributed by atoms with E-state index in [1.165, 1.54) is 11.3 Å². The normalized spacial score (nSPS) is 20.5. The molecular weight excluding hydrogens is 540 g/mol. The zero-order valence-corrected chi connectivity index (χ0v) is 22.6. The highest BCUT2D eigenvalue weighted by Crippen LogP contribution is 2.56. The molecule has 38 heavy (non-hydrogen) atoms. The lowest BCUT2D eigenvalue weighted by Gasteiger charge is -2.42. The van der Waals surface area contributed by atoms with E-state index in [9.17, 15) is 14.9 Å². The summed E-state index contributed by atoms with van der Waals surface area (Å²) in [5.74, 6) is 0.136. The number of aromatic nitrogens is 2. The van der Waals surface area contributed by atoms with Crippen LogP contribution in [0.3, 0.4) is 0 Å². The lowest BCUT2D eigenvalue weighted by Crippen LogP contribution is -2.50. The molecule has 0 saturated heterocycles. The lowest BCUT2D eigenvalue weighted by molar-refractivity contribution is -0.122. The molecule has 1 amide bonds. The molecule has 3 heterocycles. The van der Waals surface area contributed by atoms with Crippen molar-refractivity contribution in [1.82, 2.24) is 10.2 Å². The topological polar surface area (TPSA) is 125 Å². The summed E-state index contributed by atoms with van der Waals surface area (Å²) < 4.78 is 0.731. The Kier molecular flexibility index (Phi) is 6.02. The van der Waals surface area contributed by atoms with E-state index in [4.69, 9.17) is 17.3 Å². The number of nitrogens with two attached hydrogens (primary N) is 1. The fourth-order valence-electron chi connectivity index (χ4n) is 5.47. The maximum Gasteiger partial charge on any atom is 0.245 e. The Morgan fingerprint density at radius 2 is 2.00 bits per heavy atom. The van der Waals surface area contributed by atoms with Gasteiger partial charge in [-0.3, -0.25) is 14.5 Å². The number of nitriles is 1. The number of hydrogen-bond acceptors (Lipinski definition) is 9. The van der Waals surface area contributed by atoms with E-state index in [1.54, 1.807) is 35.7 Å². The third kappa shape index (κ3) is 3.50. The quantitative estimate of drug-likeness (QED) is 0.417. The minimum atomic E-state index is -1.64. The number of fused-ring (bicyclic) bond motifs is 3. The third-order valence-electron chi connectivity index (χ3n) is 7.19. The van der Waals surface area contributed by atoms with E-state index in [0.29, 0.717) is 45.5 Å². The second kappa shape index (κ2) is 9.27. The van der Waals surface area contributed by atoms with E-state index >= 15 is 0 Å². The van der Waals surface area contributed by atoms with E-state index in [0.717, 1.165) is 15.7 Å². The van der Waals surface area contributed by atoms with Crippen molar-refractivity contribution in [1.29, 1.82) is 5.26 Å². The third-order valence-corrected chi connectivity index (χ3v) is 9.71. The molecule has 1 aromatic heterocycles. The molecule has 3 aromatic rings. The van der Waals surface area contributed by atoms with Crippen LogP contribution in [0, 0.1) is 18.3 Å². The Bertz CT molecular complexity index is 1620. The number of hydrogen-bond donors (Lipinski definition) is 2. The van der Waals surface area contributed by atoms with Crippen LogP contribution in [0.1, 0.15) is 36.0 Å². The largest absolute Gasteiger partial charge is 0.384 e. The maximum absolute atomic E-state index is 13.8. The average molecular weight is 561 g/mol. The number of amides is 1. The zero-order chi connectivity index (χ0) is 26.6. The second-order valence-electron chi connectivity index (χ2n) is 9.23. The second-order valence-corrected chi connectivity index (χ2v) is 11.8. The number of benzene rings is 2. The summed E-state index contributed by atoms with van der Waals surface area (Å²) in [5.41, 5.74) is 8.78. The highest BCUT2D eigenvalue weighted by Gasteiger charge is 2.60. The first-order chi connectivity index (χ1) is 18.4. The number of thioether (sulfide) groups is 1. The van der Waals surface area contributed by atoms with Crippen LogP contribution in [-0.4, -0.2) is 21.9 Å². The molecular formula is C27H21ClN6O2S2. The summed E-state index contributed by atoms with van der Waals surface area (Å²) in [6, 6.07) is 15.6. The van der Waals surface area contributed by atoms with Crippen LogP contribution in [0.4, 0.5) is 10.8 Å². The van der Waals surface area contributed by atoms with E-state index in [1.807, 2.05) is 30.3 Å². The Morgan fingerprint density at radius 3 is 2.76 bits per heavy atom. The summed E-state index contributed by atoms with van der Waals surface area (Å²) in [5, 5.41) is 23.0. The van der Waals surface area contributed by atoms with Gasteiger partial charge in [0.2, 0.25) is 11.0 Å². The van der Waals surface area contributed by atoms with Crippen LogP contribution in [-0.2, 0) is 20.8 Å². The van der Waals surface area contributed by atoms with Crippen LogP contribution in [0.15, 0.2) is 69.5 Å². The van der Waals surface area contributed by atoms with Gasteiger partial charge in [-0.05, 0) is 37.0 Å². The van der Waals surface area contributed by atoms with Gasteiger partial charge in [-0.25, -0.2) is 0 Å². The number of allylic oxidation sites excluding steroid dienone is 1. The lowest BCUT2D eigenvalue weighted by atomic mass is 9.64. The van der Waals surface area contributed by atoms with Crippen LogP contribution < -0.4 is 16.0 Å². The predicted octanol–water partition coefficient (Wildman–Crippen LogP) is 5.20. The van der Waals surface area contributed by atoms with Gasteiger partial charge < -0.3 is 11.1 Å². The van der Waals surface area contributed by atoms with Crippen molar-refractivity contribution in [2.75, 3.05) is 10.2 Å². The van der Waals surface area contributed by atoms with Crippen molar-refractivity contribution in [3.05, 3.63) is 86.8 Å². The molecule has 0 radical (unpaired) electrons. The van der Waals surface area contributed by atoms with Crippen molar-refractivity contribution in [3.8, 4) is 6.07 Å². The SMILES string of the molecule is Cc1c(Cl)ccc2c1NC(=O)[C@]21C(C#N)=C(N)N(c2nnc(SCc3ccccc3)s2)C2=C1C(=O)CCC2. The summed E-state index contributed by atoms with van der Waals surface area (Å²) in [6.45, 7) is 1.79. The number of rotatable bonds is 4. The van der Waals surface area contributed by atoms with E-state index < -0.39 is 11.3 Å². The highest BCUT2D eigenvalue weighted by molar-refractivity contribution is 8.00. The minimum Gasteiger partial charge on any atom is -0.384 e. The van der Waals surface area contributed by atoms with Crippen molar-refractivity contribution in [3.63, 3.8) is 0 Å². The molecule has 0 fully saturated rings. The van der Waals surface area contributed by atoms with Crippen LogP contribution >= 0.6 is 34.7 Å². The molecule has 0 bridgehead atoms. The fraction of sp³-hybridized carbons (Fsp3) is 0.222. The first-order valence-electron chi connectivity index (χ1n) is 12.0. The monoisotopic (exact) mass is 560 g/mol. The molecule has 1 spiro atoms. The number of Topliss-reactive ketones (excluding diaryl/α,β-unsaturated/α-hetero) is 1. The van der Waals surface area contributed by atoms with E-state index in [-0.39, 0.29) is 29.2 Å². The Balaban J connectivity index is 1.50. The fourth-order valence-corrected chi connectivity index (χ4v) is 7.46. The Morgan fingerprint density at radius 1 is 1.21 bits per heavy atom. The average Bonchev–Trinajstić information content (AvgIpc) is 3.49. The smallest absolute Gasteiger partial charge is 0.245 e. The van der Waals surface area contributed by atoms with Gasteiger partial charge in [-0.2, -0.15) is 5.26 Å². The predicted molar refractivity (Wildman–Crippen MR) is 148 cm³/mol. The van der Waals surface area contributed by atoms with Gasteiger partial charge in [-0.1, -0.05) is 71.1 Å². The standard InChI is InChI=1S/C27H21ClN6O2S2/c1-14-18(28)11-10-16-22(14)31-24(36)27(16)17(12-29)23(30)34(19-8-5-9-20(35)21(19)27)25-32-33-26(38-25)37-13-15-6-3-2-4-7-15/h2-4,6-7,10-11H,5,8-9,13,30H2,1H3,(H,31,36)/t27-/m0/s1. The van der Waals surface area contributed by atoms with Gasteiger partial charge in [-0.15, -0.1) is 10.2 Å². The summed E-state index contributed by atoms with van der Waals surface area (Å²) >= 11 is 9.23. The summed E-state index contributed by atoms with van der Waals surface area (Å²) in [4.78, 5) is 29.1. The van der Waals surface area contributed by atoms with Gasteiger partial charge in [0.05, 0.1) is 11.3 Å². The number of nitrogens with one attached hydrogen (secondary N) is 1. The number of carbonyl (C=O) groups is 2. The van der Waals surface area contributed by atoms with Gasteiger partial charge in [0.15, 0.2) is 10.1 Å². The molecule has 3 N–H and O–H groups in total. The molecule has 2 aliphatic heterocycles. The van der Waals surface area contributed by atoms with Gasteiger partial charge in [0.1, 0.15) is 17.3 Å².